The molecule has 4 rings (SSSR count). The quantitative estimate of drug-likeness (QED) is 0.426. The van der Waals surface area contributed by atoms with Crippen LogP contribution in [-0.2, 0) is 4.79 Å². The van der Waals surface area contributed by atoms with E-state index in [9.17, 15) is 4.79 Å². The summed E-state index contributed by atoms with van der Waals surface area (Å²) in [6, 6.07) is 20.0. The molecular weight excluding hydrogens is 388 g/mol. The summed E-state index contributed by atoms with van der Waals surface area (Å²) in [5.41, 5.74) is 3.67. The first-order chi connectivity index (χ1) is 14.1. The highest BCUT2D eigenvalue weighted by atomic mass is 35.5. The highest BCUT2D eigenvalue weighted by Gasteiger charge is 2.10. The van der Waals surface area contributed by atoms with Crippen LogP contribution in [0.4, 0.5) is 5.69 Å². The SMILES string of the molecule is COc1ccc2oc(-c3cccc(NC(=O)C=Cc4ccc(Cl)cc4)c3)nc2c1. The lowest BCUT2D eigenvalue weighted by molar-refractivity contribution is -0.111. The first kappa shape index (κ1) is 18.8. The number of nitrogens with zero attached hydrogens (tertiary/aromatic N) is 1. The second-order valence-electron chi connectivity index (χ2n) is 6.31. The second-order valence-corrected chi connectivity index (χ2v) is 6.74. The molecule has 1 amide bonds. The summed E-state index contributed by atoms with van der Waals surface area (Å²) in [6.45, 7) is 0. The third-order valence-electron chi connectivity index (χ3n) is 4.27. The Morgan fingerprint density at radius 1 is 1.10 bits per heavy atom. The number of anilines is 1. The Hall–Kier alpha value is -3.57. The Morgan fingerprint density at radius 2 is 1.93 bits per heavy atom. The molecule has 1 heterocycles. The minimum atomic E-state index is -0.237. The van der Waals surface area contributed by atoms with Crippen LogP contribution in [0.2, 0.25) is 5.02 Å². The Kier molecular flexibility index (Phi) is 5.31. The fourth-order valence-electron chi connectivity index (χ4n) is 2.82. The van der Waals surface area contributed by atoms with E-state index in [1.54, 1.807) is 25.3 Å². The maximum atomic E-state index is 12.2. The molecule has 0 unspecified atom stereocenters. The normalized spacial score (nSPS) is 11.1. The molecule has 0 bridgehead atoms. The Labute approximate surface area is 172 Å². The molecule has 0 radical (unpaired) electrons. The van der Waals surface area contributed by atoms with Crippen molar-refractivity contribution in [3.63, 3.8) is 0 Å². The lowest BCUT2D eigenvalue weighted by Gasteiger charge is -2.03. The maximum absolute atomic E-state index is 12.2. The van der Waals surface area contributed by atoms with Gasteiger partial charge in [0.05, 0.1) is 7.11 Å². The van der Waals surface area contributed by atoms with Gasteiger partial charge in [-0.2, -0.15) is 0 Å². The van der Waals surface area contributed by atoms with Crippen molar-refractivity contribution in [2.75, 3.05) is 12.4 Å². The summed E-state index contributed by atoms with van der Waals surface area (Å²) < 4.78 is 11.0. The minimum Gasteiger partial charge on any atom is -0.497 e. The monoisotopic (exact) mass is 404 g/mol. The number of hydrogen-bond donors (Lipinski definition) is 1. The van der Waals surface area contributed by atoms with Gasteiger partial charge in [-0.15, -0.1) is 0 Å². The smallest absolute Gasteiger partial charge is 0.248 e. The molecule has 0 saturated heterocycles. The standard InChI is InChI=1S/C23H17ClN2O3/c1-28-19-10-11-21-20(14-19)26-23(29-21)16-3-2-4-18(13-16)25-22(27)12-7-15-5-8-17(24)9-6-15/h2-14H,1H3,(H,25,27). The number of nitrogens with one attached hydrogen (secondary N) is 1. The summed E-state index contributed by atoms with van der Waals surface area (Å²) >= 11 is 5.87. The molecule has 29 heavy (non-hydrogen) atoms. The number of halogens is 1. The fourth-order valence-corrected chi connectivity index (χ4v) is 2.94. The molecule has 5 nitrogen and oxygen atoms in total. The largest absolute Gasteiger partial charge is 0.497 e. The molecule has 0 saturated carbocycles. The van der Waals surface area contributed by atoms with Gasteiger partial charge in [0.2, 0.25) is 11.8 Å². The van der Waals surface area contributed by atoms with Crippen LogP contribution in [0.1, 0.15) is 5.56 Å². The minimum absolute atomic E-state index is 0.237. The van der Waals surface area contributed by atoms with Gasteiger partial charge < -0.3 is 14.5 Å². The first-order valence-electron chi connectivity index (χ1n) is 8.90. The summed E-state index contributed by atoms with van der Waals surface area (Å²) in [5.74, 6) is 0.950. The van der Waals surface area contributed by atoms with Gasteiger partial charge in [-0.05, 0) is 54.1 Å². The number of rotatable bonds is 5. The van der Waals surface area contributed by atoms with Crippen LogP contribution in [0, 0.1) is 0 Å². The topological polar surface area (TPSA) is 64.4 Å². The van der Waals surface area contributed by atoms with E-state index in [1.165, 1.54) is 6.08 Å². The van der Waals surface area contributed by atoms with Crippen LogP contribution < -0.4 is 10.1 Å². The Bertz CT molecular complexity index is 1200. The lowest BCUT2D eigenvalue weighted by atomic mass is 10.2. The van der Waals surface area contributed by atoms with Gasteiger partial charge in [0, 0.05) is 28.4 Å². The van der Waals surface area contributed by atoms with Gasteiger partial charge in [0.1, 0.15) is 11.3 Å². The Balaban J connectivity index is 1.51. The molecule has 144 valence electrons. The molecule has 1 aromatic heterocycles. The zero-order valence-corrected chi connectivity index (χ0v) is 16.3. The maximum Gasteiger partial charge on any atom is 0.248 e. The average Bonchev–Trinajstić information content (AvgIpc) is 3.17. The number of hydrogen-bond acceptors (Lipinski definition) is 4. The number of ether oxygens (including phenoxy) is 1. The highest BCUT2D eigenvalue weighted by Crippen LogP contribution is 2.28. The van der Waals surface area contributed by atoms with E-state index in [-0.39, 0.29) is 5.91 Å². The molecule has 0 fully saturated rings. The lowest BCUT2D eigenvalue weighted by Crippen LogP contribution is -2.07. The molecule has 0 aliphatic rings. The van der Waals surface area contributed by atoms with E-state index in [0.717, 1.165) is 11.1 Å². The van der Waals surface area contributed by atoms with Crippen LogP contribution in [0.5, 0.6) is 5.75 Å². The average molecular weight is 405 g/mol. The molecule has 0 atom stereocenters. The number of oxazole rings is 1. The van der Waals surface area contributed by atoms with Crippen LogP contribution in [-0.4, -0.2) is 18.0 Å². The third-order valence-corrected chi connectivity index (χ3v) is 4.52. The fraction of sp³-hybridized carbons (Fsp3) is 0.0435. The van der Waals surface area contributed by atoms with Crippen LogP contribution in [0.3, 0.4) is 0 Å². The number of benzene rings is 3. The first-order valence-corrected chi connectivity index (χ1v) is 9.28. The molecule has 0 aliphatic heterocycles. The number of aromatic nitrogens is 1. The predicted molar refractivity (Wildman–Crippen MR) is 115 cm³/mol. The van der Waals surface area contributed by atoms with Gasteiger partial charge in [-0.3, -0.25) is 4.79 Å². The molecule has 4 aromatic rings. The molecule has 6 heteroatoms. The third kappa shape index (κ3) is 4.47. The van der Waals surface area contributed by atoms with Gasteiger partial charge in [-0.1, -0.05) is 29.8 Å². The molecular formula is C23H17ClN2O3. The van der Waals surface area contributed by atoms with Crippen LogP contribution >= 0.6 is 11.6 Å². The van der Waals surface area contributed by atoms with Crippen molar-refractivity contribution in [2.45, 2.75) is 0 Å². The van der Waals surface area contributed by atoms with Crippen molar-refractivity contribution in [3.8, 4) is 17.2 Å². The van der Waals surface area contributed by atoms with Gasteiger partial charge in [0.15, 0.2) is 5.58 Å². The van der Waals surface area contributed by atoms with Gasteiger partial charge >= 0.3 is 0 Å². The zero-order valence-electron chi connectivity index (χ0n) is 15.6. The van der Waals surface area contributed by atoms with Crippen molar-refractivity contribution >= 4 is 40.4 Å². The summed E-state index contributed by atoms with van der Waals surface area (Å²) in [7, 11) is 1.61. The van der Waals surface area contributed by atoms with Gasteiger partial charge in [0.25, 0.3) is 0 Å². The van der Waals surface area contributed by atoms with Crippen LogP contribution in [0.15, 0.2) is 77.2 Å². The zero-order chi connectivity index (χ0) is 20.2. The Morgan fingerprint density at radius 3 is 2.72 bits per heavy atom. The second kappa shape index (κ2) is 8.20. The van der Waals surface area contributed by atoms with E-state index < -0.39 is 0 Å². The molecule has 0 spiro atoms. The van der Waals surface area contributed by atoms with E-state index in [1.807, 2.05) is 54.6 Å². The number of amides is 1. The van der Waals surface area contributed by atoms with E-state index in [0.29, 0.717) is 33.4 Å². The number of carbonyl (C=O) groups is 1. The van der Waals surface area contributed by atoms with E-state index in [2.05, 4.69) is 10.3 Å². The molecule has 1 N–H and O–H groups in total. The predicted octanol–water partition coefficient (Wildman–Crippen LogP) is 5.81. The van der Waals surface area contributed by atoms with E-state index >= 15 is 0 Å². The summed E-state index contributed by atoms with van der Waals surface area (Å²) in [5, 5.41) is 3.50. The van der Waals surface area contributed by atoms with Crippen LogP contribution in [0.25, 0.3) is 28.6 Å². The molecule has 3 aromatic carbocycles. The number of carbonyl (C=O) groups excluding carboxylic acids is 1. The highest BCUT2D eigenvalue weighted by molar-refractivity contribution is 6.30. The van der Waals surface area contributed by atoms with Crippen molar-refractivity contribution in [1.82, 2.24) is 4.98 Å². The van der Waals surface area contributed by atoms with E-state index in [4.69, 9.17) is 20.8 Å². The number of fused-ring (bicyclic) bond motifs is 1. The summed E-state index contributed by atoms with van der Waals surface area (Å²) in [6.07, 6.45) is 3.20. The number of methoxy groups -OCH3 is 1. The van der Waals surface area contributed by atoms with Gasteiger partial charge in [-0.25, -0.2) is 4.98 Å². The van der Waals surface area contributed by atoms with Crippen molar-refractivity contribution in [2.24, 2.45) is 0 Å². The molecule has 0 aliphatic carbocycles. The van der Waals surface area contributed by atoms with Crippen molar-refractivity contribution < 1.29 is 13.9 Å². The summed E-state index contributed by atoms with van der Waals surface area (Å²) in [4.78, 5) is 16.7. The van der Waals surface area contributed by atoms with Crippen molar-refractivity contribution in [3.05, 3.63) is 83.4 Å². The van der Waals surface area contributed by atoms with Crippen molar-refractivity contribution in [1.29, 1.82) is 0 Å².